The first-order valence-electron chi connectivity index (χ1n) is 8.53. The fourth-order valence-electron chi connectivity index (χ4n) is 3.20. The van der Waals surface area contributed by atoms with E-state index in [2.05, 4.69) is 12.1 Å². The highest BCUT2D eigenvalue weighted by atomic mass is 16.5. The van der Waals surface area contributed by atoms with E-state index in [1.54, 1.807) is 7.11 Å². The minimum Gasteiger partial charge on any atom is -0.497 e. The van der Waals surface area contributed by atoms with Crippen molar-refractivity contribution >= 4 is 5.91 Å². The number of nitrogens with zero attached hydrogens (tertiary/aromatic N) is 1. The van der Waals surface area contributed by atoms with Crippen molar-refractivity contribution in [3.8, 4) is 5.75 Å². The summed E-state index contributed by atoms with van der Waals surface area (Å²) in [6.07, 6.45) is 0.506. The number of hydrogen-bond donors (Lipinski definition) is 1. The lowest BCUT2D eigenvalue weighted by Gasteiger charge is -2.32. The summed E-state index contributed by atoms with van der Waals surface area (Å²) in [4.78, 5) is 15.9. The van der Waals surface area contributed by atoms with Gasteiger partial charge in [0.15, 0.2) is 0 Å². The van der Waals surface area contributed by atoms with Crippen LogP contribution in [-0.4, -0.2) is 44.1 Å². The van der Waals surface area contributed by atoms with E-state index in [1.807, 2.05) is 47.4 Å². The number of carbonyl (C=O) groups excluding carboxylic acids is 1. The van der Waals surface area contributed by atoms with E-state index in [0.717, 1.165) is 44.0 Å². The topological polar surface area (TPSA) is 34.0 Å². The van der Waals surface area contributed by atoms with Crippen molar-refractivity contribution in [1.29, 1.82) is 0 Å². The monoisotopic (exact) mass is 325 g/mol. The number of piperazine rings is 1. The van der Waals surface area contributed by atoms with E-state index in [4.69, 9.17) is 4.74 Å². The van der Waals surface area contributed by atoms with E-state index in [0.29, 0.717) is 6.42 Å². The summed E-state index contributed by atoms with van der Waals surface area (Å²) in [5, 5.41) is 0. The number of ether oxygens (including phenoxy) is 1. The first kappa shape index (κ1) is 16.5. The quantitative estimate of drug-likeness (QED) is 0.895. The van der Waals surface area contributed by atoms with Gasteiger partial charge in [0, 0.05) is 5.56 Å². The number of carbonyl (C=O) groups is 1. The number of hydrogen-bond acceptors (Lipinski definition) is 2. The number of rotatable bonds is 5. The Bertz CT molecular complexity index is 664. The van der Waals surface area contributed by atoms with E-state index >= 15 is 0 Å². The summed E-state index contributed by atoms with van der Waals surface area (Å²) in [7, 11) is 1.70. The van der Waals surface area contributed by atoms with Crippen molar-refractivity contribution in [3.63, 3.8) is 0 Å². The van der Waals surface area contributed by atoms with E-state index in [9.17, 15) is 4.79 Å². The van der Waals surface area contributed by atoms with E-state index in [-0.39, 0.29) is 5.91 Å². The van der Waals surface area contributed by atoms with Crippen LogP contribution >= 0.6 is 0 Å². The minimum atomic E-state index is 0.238. The number of nitrogens with one attached hydrogen (secondary N) is 1. The average Bonchev–Trinajstić information content (AvgIpc) is 2.63. The molecule has 0 saturated carbocycles. The highest BCUT2D eigenvalue weighted by Gasteiger charge is 2.23. The maximum absolute atomic E-state index is 12.4. The molecular weight excluding hydrogens is 300 g/mol. The van der Waals surface area contributed by atoms with Gasteiger partial charge in [-0.25, -0.2) is 0 Å². The van der Waals surface area contributed by atoms with Gasteiger partial charge in [0.1, 0.15) is 12.3 Å². The molecule has 3 rings (SSSR count). The van der Waals surface area contributed by atoms with Gasteiger partial charge in [0.2, 0.25) is 5.91 Å². The molecule has 24 heavy (non-hydrogen) atoms. The van der Waals surface area contributed by atoms with Gasteiger partial charge in [-0.05, 0) is 17.7 Å². The SMILES string of the molecule is COc1cccc(C[NH+]2CCN(C(=O)Cc3ccccc3)CC2)c1. The van der Waals surface area contributed by atoms with Crippen molar-refractivity contribution in [2.75, 3.05) is 33.3 Å². The largest absolute Gasteiger partial charge is 0.497 e. The fraction of sp³-hybridized carbons (Fsp3) is 0.350. The van der Waals surface area contributed by atoms with Gasteiger partial charge in [-0.2, -0.15) is 0 Å². The Morgan fingerprint density at radius 2 is 1.75 bits per heavy atom. The zero-order chi connectivity index (χ0) is 16.8. The molecule has 1 saturated heterocycles. The number of amides is 1. The van der Waals surface area contributed by atoms with E-state index in [1.165, 1.54) is 10.5 Å². The molecule has 2 aromatic carbocycles. The van der Waals surface area contributed by atoms with Crippen LogP contribution in [0.5, 0.6) is 5.75 Å². The van der Waals surface area contributed by atoms with Crippen LogP contribution in [0.15, 0.2) is 54.6 Å². The molecule has 0 unspecified atom stereocenters. The van der Waals surface area contributed by atoms with Gasteiger partial charge in [-0.15, -0.1) is 0 Å². The second-order valence-corrected chi connectivity index (χ2v) is 6.32. The summed E-state index contributed by atoms with van der Waals surface area (Å²) < 4.78 is 5.29. The molecule has 1 fully saturated rings. The average molecular weight is 325 g/mol. The van der Waals surface area contributed by atoms with Gasteiger partial charge in [-0.1, -0.05) is 42.5 Å². The van der Waals surface area contributed by atoms with Gasteiger partial charge in [-0.3, -0.25) is 4.79 Å². The molecule has 0 aliphatic carbocycles. The summed E-state index contributed by atoms with van der Waals surface area (Å²) >= 11 is 0. The van der Waals surface area contributed by atoms with Crippen LogP contribution in [0.1, 0.15) is 11.1 Å². The number of benzene rings is 2. The maximum atomic E-state index is 12.4. The van der Waals surface area contributed by atoms with Crippen LogP contribution in [0, 0.1) is 0 Å². The van der Waals surface area contributed by atoms with Gasteiger partial charge >= 0.3 is 0 Å². The fourth-order valence-corrected chi connectivity index (χ4v) is 3.20. The molecule has 4 nitrogen and oxygen atoms in total. The molecule has 1 N–H and O–H groups in total. The first-order valence-corrected chi connectivity index (χ1v) is 8.53. The Morgan fingerprint density at radius 1 is 1.04 bits per heavy atom. The number of quaternary nitrogens is 1. The molecule has 0 aromatic heterocycles. The minimum absolute atomic E-state index is 0.238. The second kappa shape index (κ2) is 7.97. The molecule has 1 aliphatic heterocycles. The summed E-state index contributed by atoms with van der Waals surface area (Å²) in [5.41, 5.74) is 2.38. The highest BCUT2D eigenvalue weighted by molar-refractivity contribution is 5.78. The summed E-state index contributed by atoms with van der Waals surface area (Å²) in [6.45, 7) is 4.66. The molecule has 0 atom stereocenters. The van der Waals surface area contributed by atoms with Crippen LogP contribution < -0.4 is 9.64 Å². The molecular formula is C20H25N2O2+. The van der Waals surface area contributed by atoms with Crippen LogP contribution in [0.3, 0.4) is 0 Å². The first-order chi connectivity index (χ1) is 11.7. The Labute approximate surface area is 143 Å². The Morgan fingerprint density at radius 3 is 2.46 bits per heavy atom. The lowest BCUT2D eigenvalue weighted by atomic mass is 10.1. The van der Waals surface area contributed by atoms with Crippen LogP contribution in [0.4, 0.5) is 0 Å². The normalized spacial score (nSPS) is 15.3. The zero-order valence-electron chi connectivity index (χ0n) is 14.2. The molecule has 0 radical (unpaired) electrons. The Balaban J connectivity index is 1.49. The van der Waals surface area contributed by atoms with Crippen molar-refractivity contribution in [2.45, 2.75) is 13.0 Å². The molecule has 1 aliphatic rings. The molecule has 1 amide bonds. The van der Waals surface area contributed by atoms with Crippen LogP contribution in [-0.2, 0) is 17.8 Å². The molecule has 4 heteroatoms. The lowest BCUT2D eigenvalue weighted by Crippen LogP contribution is -3.13. The van der Waals surface area contributed by atoms with Gasteiger partial charge in [0.25, 0.3) is 0 Å². The molecule has 0 spiro atoms. The standard InChI is InChI=1S/C20H24N2O2/c1-24-19-9-5-8-18(14-19)16-21-10-12-22(13-11-21)20(23)15-17-6-3-2-4-7-17/h2-9,14H,10-13,15-16H2,1H3/p+1. The van der Waals surface area contributed by atoms with Crippen molar-refractivity contribution < 1.29 is 14.4 Å². The van der Waals surface area contributed by atoms with Crippen molar-refractivity contribution in [1.82, 2.24) is 4.90 Å². The predicted molar refractivity (Wildman–Crippen MR) is 94.1 cm³/mol. The third-order valence-corrected chi connectivity index (χ3v) is 4.61. The Hall–Kier alpha value is -2.33. The van der Waals surface area contributed by atoms with Crippen LogP contribution in [0.25, 0.3) is 0 Å². The Kier molecular flexibility index (Phi) is 5.49. The predicted octanol–water partition coefficient (Wildman–Crippen LogP) is 1.17. The van der Waals surface area contributed by atoms with Gasteiger partial charge < -0.3 is 14.5 Å². The molecule has 0 bridgehead atoms. The summed E-state index contributed by atoms with van der Waals surface area (Å²) in [6, 6.07) is 18.2. The second-order valence-electron chi connectivity index (χ2n) is 6.32. The molecule has 2 aromatic rings. The molecule has 126 valence electrons. The van der Waals surface area contributed by atoms with Crippen LogP contribution in [0.2, 0.25) is 0 Å². The van der Waals surface area contributed by atoms with Crippen molar-refractivity contribution in [2.24, 2.45) is 0 Å². The number of methoxy groups -OCH3 is 1. The smallest absolute Gasteiger partial charge is 0.227 e. The third kappa shape index (κ3) is 4.36. The van der Waals surface area contributed by atoms with E-state index < -0.39 is 0 Å². The van der Waals surface area contributed by atoms with Crippen molar-refractivity contribution in [3.05, 3.63) is 65.7 Å². The third-order valence-electron chi connectivity index (χ3n) is 4.61. The molecule has 1 heterocycles. The zero-order valence-corrected chi connectivity index (χ0v) is 14.2. The highest BCUT2D eigenvalue weighted by Crippen LogP contribution is 2.11. The maximum Gasteiger partial charge on any atom is 0.227 e. The summed E-state index contributed by atoms with van der Waals surface area (Å²) in [5.74, 6) is 1.14. The van der Waals surface area contributed by atoms with Gasteiger partial charge in [0.05, 0.1) is 39.7 Å². The lowest BCUT2D eigenvalue weighted by molar-refractivity contribution is -0.917.